The predicted molar refractivity (Wildman–Crippen MR) is 109 cm³/mol. The topological polar surface area (TPSA) is 66.0 Å². The molecule has 0 saturated heterocycles. The normalized spacial score (nSPS) is 15.9. The first-order chi connectivity index (χ1) is 12.7. The number of imidazole rings is 1. The lowest BCUT2D eigenvalue weighted by Crippen LogP contribution is -2.16. The Kier molecular flexibility index (Phi) is 5.14. The highest BCUT2D eigenvalue weighted by Crippen LogP contribution is 2.34. The van der Waals surface area contributed by atoms with Gasteiger partial charge < -0.3 is 15.0 Å². The van der Waals surface area contributed by atoms with Crippen LogP contribution in [0, 0.1) is 5.92 Å². The van der Waals surface area contributed by atoms with Gasteiger partial charge in [-0.1, -0.05) is 31.4 Å². The number of ether oxygens (including phenoxy) is 1. The minimum Gasteiger partial charge on any atom is -0.382 e. The van der Waals surface area contributed by atoms with E-state index >= 15 is 0 Å². The van der Waals surface area contributed by atoms with E-state index in [-0.39, 0.29) is 0 Å². The summed E-state index contributed by atoms with van der Waals surface area (Å²) in [5, 5.41) is 1.09. The fourth-order valence-electron chi connectivity index (χ4n) is 4.07. The Bertz CT molecular complexity index is 931. The molecule has 6 heteroatoms. The number of hydrogen-bond donors (Lipinski definition) is 1. The molecule has 1 aliphatic rings. The van der Waals surface area contributed by atoms with Crippen molar-refractivity contribution in [3.05, 3.63) is 28.5 Å². The van der Waals surface area contributed by atoms with Gasteiger partial charge in [0.2, 0.25) is 0 Å². The van der Waals surface area contributed by atoms with Gasteiger partial charge in [-0.25, -0.2) is 9.97 Å². The Labute approximate surface area is 162 Å². The minimum absolute atomic E-state index is 0.486. The van der Waals surface area contributed by atoms with Gasteiger partial charge in [0.25, 0.3) is 0 Å². The van der Waals surface area contributed by atoms with Crippen molar-refractivity contribution in [1.29, 1.82) is 0 Å². The Balaban J connectivity index is 1.91. The van der Waals surface area contributed by atoms with Crippen LogP contribution in [0.25, 0.3) is 21.9 Å². The quantitative estimate of drug-likeness (QED) is 0.631. The number of benzene rings is 1. The van der Waals surface area contributed by atoms with E-state index in [9.17, 15) is 0 Å². The molecule has 1 saturated carbocycles. The summed E-state index contributed by atoms with van der Waals surface area (Å²) < 4.78 is 9.00. The van der Waals surface area contributed by atoms with Crippen molar-refractivity contribution in [3.63, 3.8) is 0 Å². The molecule has 0 amide bonds. The maximum absolute atomic E-state index is 6.29. The second-order valence-corrected chi connectivity index (χ2v) is 7.96. The molecule has 26 heavy (non-hydrogen) atoms. The SMILES string of the molecule is CCOCc1nc2c(N)nc3c(Br)cccc3c2n1CC1CCCCC1. The van der Waals surface area contributed by atoms with E-state index in [2.05, 4.69) is 31.5 Å². The van der Waals surface area contributed by atoms with Crippen LogP contribution in [0.5, 0.6) is 0 Å². The number of nitrogens with zero attached hydrogens (tertiary/aromatic N) is 3. The van der Waals surface area contributed by atoms with Crippen LogP contribution < -0.4 is 5.73 Å². The predicted octanol–water partition coefficient (Wildman–Crippen LogP) is 5.05. The minimum atomic E-state index is 0.486. The van der Waals surface area contributed by atoms with Gasteiger partial charge >= 0.3 is 0 Å². The molecule has 2 aromatic heterocycles. The van der Waals surface area contributed by atoms with Crippen LogP contribution in [0.15, 0.2) is 22.7 Å². The summed E-state index contributed by atoms with van der Waals surface area (Å²) in [5.74, 6) is 2.13. The number of nitrogens with two attached hydrogens (primary N) is 1. The number of halogens is 1. The molecule has 0 radical (unpaired) electrons. The summed E-state index contributed by atoms with van der Waals surface area (Å²) in [6.45, 7) is 4.17. The number of aromatic nitrogens is 3. The number of rotatable bonds is 5. The molecule has 2 heterocycles. The van der Waals surface area contributed by atoms with E-state index < -0.39 is 0 Å². The molecule has 5 nitrogen and oxygen atoms in total. The van der Waals surface area contributed by atoms with Gasteiger partial charge in [-0.05, 0) is 47.7 Å². The highest BCUT2D eigenvalue weighted by atomic mass is 79.9. The van der Waals surface area contributed by atoms with Gasteiger partial charge in [-0.15, -0.1) is 0 Å². The molecule has 1 aromatic carbocycles. The highest BCUT2D eigenvalue weighted by molar-refractivity contribution is 9.10. The second-order valence-electron chi connectivity index (χ2n) is 7.11. The number of pyridine rings is 1. The molecule has 2 N–H and O–H groups in total. The standard InChI is InChI=1S/C20H25BrN4O/c1-2-26-12-16-23-18-19(25(16)11-13-7-4-3-5-8-13)14-9-6-10-15(21)17(14)24-20(18)22/h6,9-10,13H,2-5,7-8,11-12H2,1H3,(H2,22,24). The van der Waals surface area contributed by atoms with Crippen LogP contribution >= 0.6 is 15.9 Å². The third-order valence-electron chi connectivity index (χ3n) is 5.36. The van der Waals surface area contributed by atoms with Crippen molar-refractivity contribution in [3.8, 4) is 0 Å². The van der Waals surface area contributed by atoms with Gasteiger partial charge in [-0.2, -0.15) is 0 Å². The van der Waals surface area contributed by atoms with Gasteiger partial charge in [0, 0.05) is 23.0 Å². The Morgan fingerprint density at radius 1 is 1.19 bits per heavy atom. The van der Waals surface area contributed by atoms with Gasteiger partial charge in [-0.3, -0.25) is 0 Å². The highest BCUT2D eigenvalue weighted by Gasteiger charge is 2.22. The van der Waals surface area contributed by atoms with E-state index in [1.807, 2.05) is 19.1 Å². The summed E-state index contributed by atoms with van der Waals surface area (Å²) in [5.41, 5.74) is 9.06. The second kappa shape index (κ2) is 7.53. The molecule has 0 aliphatic heterocycles. The molecule has 1 aliphatic carbocycles. The molecule has 1 fully saturated rings. The fourth-order valence-corrected chi connectivity index (χ4v) is 4.53. The summed E-state index contributed by atoms with van der Waals surface area (Å²) in [4.78, 5) is 9.43. The largest absolute Gasteiger partial charge is 0.382 e. The number of nitrogen functional groups attached to an aromatic ring is 1. The van der Waals surface area contributed by atoms with Crippen LogP contribution in [-0.4, -0.2) is 21.1 Å². The van der Waals surface area contributed by atoms with Crippen molar-refractivity contribution in [2.24, 2.45) is 5.92 Å². The van der Waals surface area contributed by atoms with Crippen LogP contribution in [0.4, 0.5) is 5.82 Å². The average Bonchev–Trinajstić information content (AvgIpc) is 3.01. The molecular weight excluding hydrogens is 392 g/mol. The zero-order valence-corrected chi connectivity index (χ0v) is 16.8. The maximum Gasteiger partial charge on any atom is 0.152 e. The fraction of sp³-hybridized carbons (Fsp3) is 0.500. The zero-order valence-electron chi connectivity index (χ0n) is 15.2. The van der Waals surface area contributed by atoms with Gasteiger partial charge in [0.05, 0.1) is 11.0 Å². The smallest absolute Gasteiger partial charge is 0.152 e. The maximum atomic E-state index is 6.29. The Morgan fingerprint density at radius 2 is 2.00 bits per heavy atom. The summed E-state index contributed by atoms with van der Waals surface area (Å²) in [7, 11) is 0. The van der Waals surface area contributed by atoms with Crippen molar-refractivity contribution in [2.45, 2.75) is 52.2 Å². The average molecular weight is 417 g/mol. The lowest BCUT2D eigenvalue weighted by Gasteiger charge is -2.23. The molecule has 0 bridgehead atoms. The summed E-state index contributed by atoms with van der Waals surface area (Å²) in [6, 6.07) is 6.16. The van der Waals surface area contributed by atoms with Crippen molar-refractivity contribution >= 4 is 43.7 Å². The number of hydrogen-bond acceptors (Lipinski definition) is 4. The van der Waals surface area contributed by atoms with E-state index in [0.717, 1.165) is 38.8 Å². The number of anilines is 1. The van der Waals surface area contributed by atoms with E-state index in [0.29, 0.717) is 24.9 Å². The first kappa shape index (κ1) is 17.7. The molecular formula is C20H25BrN4O. The van der Waals surface area contributed by atoms with Crippen LogP contribution in [0.2, 0.25) is 0 Å². The first-order valence-electron chi connectivity index (χ1n) is 9.49. The monoisotopic (exact) mass is 416 g/mol. The molecule has 0 spiro atoms. The van der Waals surface area contributed by atoms with Crippen molar-refractivity contribution < 1.29 is 4.74 Å². The van der Waals surface area contributed by atoms with Crippen LogP contribution in [0.1, 0.15) is 44.9 Å². The molecule has 4 rings (SSSR count). The zero-order chi connectivity index (χ0) is 18.1. The summed E-state index contributed by atoms with van der Waals surface area (Å²) in [6.07, 6.45) is 6.59. The first-order valence-corrected chi connectivity index (χ1v) is 10.3. The molecule has 3 aromatic rings. The van der Waals surface area contributed by atoms with Crippen LogP contribution in [0.3, 0.4) is 0 Å². The molecule has 0 atom stereocenters. The Hall–Kier alpha value is -1.66. The lowest BCUT2D eigenvalue weighted by atomic mass is 9.89. The number of fused-ring (bicyclic) bond motifs is 3. The van der Waals surface area contributed by atoms with Gasteiger partial charge in [0.15, 0.2) is 5.82 Å². The van der Waals surface area contributed by atoms with Crippen molar-refractivity contribution in [2.75, 3.05) is 12.3 Å². The van der Waals surface area contributed by atoms with E-state index in [1.54, 1.807) is 0 Å². The number of para-hydroxylation sites is 1. The van der Waals surface area contributed by atoms with E-state index in [4.69, 9.17) is 15.5 Å². The summed E-state index contributed by atoms with van der Waals surface area (Å²) >= 11 is 3.62. The third-order valence-corrected chi connectivity index (χ3v) is 6.00. The van der Waals surface area contributed by atoms with E-state index in [1.165, 1.54) is 32.1 Å². The van der Waals surface area contributed by atoms with Gasteiger partial charge in [0.1, 0.15) is 17.9 Å². The third kappa shape index (κ3) is 3.21. The lowest BCUT2D eigenvalue weighted by molar-refractivity contribution is 0.124. The van der Waals surface area contributed by atoms with Crippen molar-refractivity contribution in [1.82, 2.24) is 14.5 Å². The van der Waals surface area contributed by atoms with Crippen LogP contribution in [-0.2, 0) is 17.9 Å². The molecule has 0 unspecified atom stereocenters. The Morgan fingerprint density at radius 3 is 2.77 bits per heavy atom. The molecule has 138 valence electrons.